The number of aliphatic hydroxyl groups excluding tert-OH is 1. The Morgan fingerprint density at radius 3 is 2.94 bits per heavy atom. The average Bonchev–Trinajstić information content (AvgIpc) is 2.74. The Morgan fingerprint density at radius 2 is 2.29 bits per heavy atom. The lowest BCUT2D eigenvalue weighted by Gasteiger charge is -2.21. The number of aromatic nitrogens is 3. The Labute approximate surface area is 107 Å². The zero-order valence-electron chi connectivity index (χ0n) is 10.8. The van der Waals surface area contributed by atoms with Gasteiger partial charge in [0.1, 0.15) is 0 Å². The van der Waals surface area contributed by atoms with Crippen LogP contribution in [0.5, 0.6) is 0 Å². The highest BCUT2D eigenvalue weighted by molar-refractivity contribution is 7.99. The van der Waals surface area contributed by atoms with Gasteiger partial charge in [0, 0.05) is 37.2 Å². The van der Waals surface area contributed by atoms with Crippen molar-refractivity contribution in [3.63, 3.8) is 0 Å². The lowest BCUT2D eigenvalue weighted by atomic mass is 10.2. The second kappa shape index (κ2) is 6.98. The summed E-state index contributed by atoms with van der Waals surface area (Å²) in [5.74, 6) is 0. The molecule has 2 N–H and O–H groups in total. The molecular formula is C11H22N4OS. The first-order valence-corrected chi connectivity index (χ1v) is 7.05. The number of hydrogen-bond donors (Lipinski definition) is 2. The summed E-state index contributed by atoms with van der Waals surface area (Å²) in [5.41, 5.74) is 0.944. The van der Waals surface area contributed by atoms with E-state index in [4.69, 9.17) is 5.11 Å². The molecule has 0 amide bonds. The van der Waals surface area contributed by atoms with Gasteiger partial charge in [0.15, 0.2) is 0 Å². The van der Waals surface area contributed by atoms with Crippen molar-refractivity contribution in [2.24, 2.45) is 0 Å². The molecule has 1 aromatic rings. The molecule has 0 aliphatic rings. The first-order valence-electron chi connectivity index (χ1n) is 5.83. The predicted molar refractivity (Wildman–Crippen MR) is 71.0 cm³/mol. The molecular weight excluding hydrogens is 236 g/mol. The summed E-state index contributed by atoms with van der Waals surface area (Å²) in [6.07, 6.45) is 4.76. The van der Waals surface area contributed by atoms with Crippen LogP contribution in [-0.4, -0.2) is 44.3 Å². The van der Waals surface area contributed by atoms with E-state index < -0.39 is 0 Å². The van der Waals surface area contributed by atoms with Crippen LogP contribution in [0.25, 0.3) is 0 Å². The van der Waals surface area contributed by atoms with Crippen molar-refractivity contribution in [3.8, 4) is 0 Å². The SMILES string of the molecule is CSC(C)(C)CNCc1cn(CCCO)nn1. The minimum Gasteiger partial charge on any atom is -0.396 e. The smallest absolute Gasteiger partial charge is 0.0964 e. The third-order valence-electron chi connectivity index (χ3n) is 2.54. The molecule has 0 spiro atoms. The van der Waals surface area contributed by atoms with E-state index in [1.807, 2.05) is 18.0 Å². The molecule has 5 nitrogen and oxygen atoms in total. The van der Waals surface area contributed by atoms with Gasteiger partial charge >= 0.3 is 0 Å². The highest BCUT2D eigenvalue weighted by Crippen LogP contribution is 2.19. The summed E-state index contributed by atoms with van der Waals surface area (Å²) in [6.45, 7) is 7.02. The molecule has 0 saturated heterocycles. The minimum atomic E-state index is 0.190. The third-order valence-corrected chi connectivity index (χ3v) is 3.79. The van der Waals surface area contributed by atoms with E-state index in [0.29, 0.717) is 0 Å². The van der Waals surface area contributed by atoms with Crippen molar-refractivity contribution in [2.75, 3.05) is 19.4 Å². The fourth-order valence-electron chi connectivity index (χ4n) is 1.33. The van der Waals surface area contributed by atoms with Crippen molar-refractivity contribution >= 4 is 11.8 Å². The van der Waals surface area contributed by atoms with Gasteiger partial charge < -0.3 is 10.4 Å². The summed E-state index contributed by atoms with van der Waals surface area (Å²) >= 11 is 1.85. The van der Waals surface area contributed by atoms with Gasteiger partial charge in [-0.1, -0.05) is 5.21 Å². The van der Waals surface area contributed by atoms with Crippen molar-refractivity contribution < 1.29 is 5.11 Å². The molecule has 0 atom stereocenters. The van der Waals surface area contributed by atoms with Crippen LogP contribution >= 0.6 is 11.8 Å². The maximum atomic E-state index is 8.72. The van der Waals surface area contributed by atoms with Gasteiger partial charge in [-0.3, -0.25) is 4.68 Å². The second-order valence-electron chi connectivity index (χ2n) is 4.62. The maximum Gasteiger partial charge on any atom is 0.0964 e. The molecule has 0 radical (unpaired) electrons. The monoisotopic (exact) mass is 258 g/mol. The summed E-state index contributed by atoms with van der Waals surface area (Å²) in [5, 5.41) is 20.2. The quantitative estimate of drug-likeness (QED) is 0.725. The number of rotatable bonds is 8. The van der Waals surface area contributed by atoms with Gasteiger partial charge in [-0.15, -0.1) is 5.10 Å². The molecule has 0 aliphatic heterocycles. The van der Waals surface area contributed by atoms with Gasteiger partial charge in [0.25, 0.3) is 0 Å². The first-order chi connectivity index (χ1) is 8.07. The summed E-state index contributed by atoms with van der Waals surface area (Å²) in [6, 6.07) is 0. The van der Waals surface area contributed by atoms with Crippen LogP contribution in [0.1, 0.15) is 26.0 Å². The van der Waals surface area contributed by atoms with Crippen LogP contribution in [0, 0.1) is 0 Å². The maximum absolute atomic E-state index is 8.72. The number of nitrogens with one attached hydrogen (secondary N) is 1. The molecule has 1 rings (SSSR count). The zero-order chi connectivity index (χ0) is 12.7. The number of thioether (sulfide) groups is 1. The summed E-state index contributed by atoms with van der Waals surface area (Å²) in [4.78, 5) is 0. The molecule has 1 heterocycles. The minimum absolute atomic E-state index is 0.190. The fraction of sp³-hybridized carbons (Fsp3) is 0.818. The third kappa shape index (κ3) is 5.52. The lowest BCUT2D eigenvalue weighted by molar-refractivity contribution is 0.276. The summed E-state index contributed by atoms with van der Waals surface area (Å²) in [7, 11) is 0. The fourth-order valence-corrected chi connectivity index (χ4v) is 1.57. The zero-order valence-corrected chi connectivity index (χ0v) is 11.6. The molecule has 17 heavy (non-hydrogen) atoms. The van der Waals surface area contributed by atoms with E-state index in [-0.39, 0.29) is 11.4 Å². The van der Waals surface area contributed by atoms with E-state index in [0.717, 1.165) is 31.7 Å². The summed E-state index contributed by atoms with van der Waals surface area (Å²) < 4.78 is 2.01. The Kier molecular flexibility index (Phi) is 5.94. The van der Waals surface area contributed by atoms with Gasteiger partial charge in [-0.05, 0) is 26.5 Å². The normalized spacial score (nSPS) is 12.0. The largest absolute Gasteiger partial charge is 0.396 e. The highest BCUT2D eigenvalue weighted by Gasteiger charge is 2.15. The topological polar surface area (TPSA) is 63.0 Å². The van der Waals surface area contributed by atoms with E-state index in [9.17, 15) is 0 Å². The second-order valence-corrected chi connectivity index (χ2v) is 6.13. The highest BCUT2D eigenvalue weighted by atomic mass is 32.2. The average molecular weight is 258 g/mol. The molecule has 0 unspecified atom stereocenters. The Bertz CT molecular complexity index is 327. The molecule has 0 bridgehead atoms. The number of aryl methyl sites for hydroxylation is 1. The van der Waals surface area contributed by atoms with Crippen molar-refractivity contribution in [2.45, 2.75) is 38.1 Å². The molecule has 6 heteroatoms. The van der Waals surface area contributed by atoms with Crippen LogP contribution in [0.15, 0.2) is 6.20 Å². The van der Waals surface area contributed by atoms with Gasteiger partial charge in [-0.2, -0.15) is 11.8 Å². The van der Waals surface area contributed by atoms with Crippen molar-refractivity contribution in [3.05, 3.63) is 11.9 Å². The predicted octanol–water partition coefficient (Wildman–Crippen LogP) is 0.892. The molecule has 0 fully saturated rings. The Hall–Kier alpha value is -0.590. The van der Waals surface area contributed by atoms with E-state index in [2.05, 4.69) is 35.7 Å². The molecule has 0 saturated carbocycles. The Balaban J connectivity index is 2.30. The van der Waals surface area contributed by atoms with Crippen molar-refractivity contribution in [1.82, 2.24) is 20.3 Å². The van der Waals surface area contributed by atoms with Crippen LogP contribution in [-0.2, 0) is 13.1 Å². The van der Waals surface area contributed by atoms with Gasteiger partial charge in [0.2, 0.25) is 0 Å². The molecule has 1 aromatic heterocycles. The first kappa shape index (κ1) is 14.5. The number of nitrogens with zero attached hydrogens (tertiary/aromatic N) is 3. The van der Waals surface area contributed by atoms with Crippen LogP contribution < -0.4 is 5.32 Å². The lowest BCUT2D eigenvalue weighted by Crippen LogP contribution is -2.31. The van der Waals surface area contributed by atoms with E-state index in [1.54, 1.807) is 4.68 Å². The molecule has 0 aromatic carbocycles. The van der Waals surface area contributed by atoms with Crippen LogP contribution in [0.4, 0.5) is 0 Å². The van der Waals surface area contributed by atoms with Crippen molar-refractivity contribution in [1.29, 1.82) is 0 Å². The molecule has 0 aliphatic carbocycles. The number of hydrogen-bond acceptors (Lipinski definition) is 5. The van der Waals surface area contributed by atoms with E-state index in [1.165, 1.54) is 0 Å². The van der Waals surface area contributed by atoms with Gasteiger partial charge in [-0.25, -0.2) is 0 Å². The molecule has 98 valence electrons. The standard InChI is InChI=1S/C11H22N4OS/c1-11(2,17-3)9-12-7-10-8-15(14-13-10)5-4-6-16/h8,12,16H,4-7,9H2,1-3H3. The van der Waals surface area contributed by atoms with Crippen LogP contribution in [0.3, 0.4) is 0 Å². The Morgan fingerprint density at radius 1 is 1.53 bits per heavy atom. The van der Waals surface area contributed by atoms with E-state index >= 15 is 0 Å². The van der Waals surface area contributed by atoms with Gasteiger partial charge in [0.05, 0.1) is 5.69 Å². The van der Waals surface area contributed by atoms with Crippen LogP contribution in [0.2, 0.25) is 0 Å². The number of aliphatic hydroxyl groups is 1.